The lowest BCUT2D eigenvalue weighted by molar-refractivity contribution is 0.0696. The molecular weight excluding hydrogens is 272 g/mol. The summed E-state index contributed by atoms with van der Waals surface area (Å²) in [6, 6.07) is 9.21. The second-order valence-electron chi connectivity index (χ2n) is 3.10. The average molecular weight is 279 g/mol. The van der Waals surface area contributed by atoms with Crippen LogP contribution in [0, 0.1) is 0 Å². The van der Waals surface area contributed by atoms with Gasteiger partial charge in [0.1, 0.15) is 10.2 Å². The van der Waals surface area contributed by atoms with Crippen molar-refractivity contribution < 1.29 is 9.90 Å². The molecule has 0 aliphatic heterocycles. The fourth-order valence-electron chi connectivity index (χ4n) is 1.40. The van der Waals surface area contributed by atoms with E-state index in [2.05, 4.69) is 26.1 Å². The fourth-order valence-corrected chi connectivity index (χ4v) is 1.88. The maximum absolute atomic E-state index is 11.1. The van der Waals surface area contributed by atoms with E-state index in [0.29, 0.717) is 5.56 Å². The molecule has 0 radical (unpaired) electrons. The van der Waals surface area contributed by atoms with Crippen LogP contribution in [-0.2, 0) is 0 Å². The van der Waals surface area contributed by atoms with Crippen LogP contribution in [0.4, 0.5) is 0 Å². The summed E-state index contributed by atoms with van der Waals surface area (Å²) in [5.74, 6) is -1.03. The van der Waals surface area contributed by atoms with E-state index in [0.717, 1.165) is 5.56 Å². The molecule has 2 rings (SSSR count). The first-order valence-corrected chi connectivity index (χ1v) is 5.29. The number of halogens is 1. The molecule has 5 heteroatoms. The number of hydrogen-bond acceptors (Lipinski definition) is 3. The van der Waals surface area contributed by atoms with E-state index in [1.807, 2.05) is 30.3 Å². The lowest BCUT2D eigenvalue weighted by atomic mass is 10.0. The summed E-state index contributed by atoms with van der Waals surface area (Å²) in [7, 11) is 0. The molecule has 1 heterocycles. The lowest BCUT2D eigenvalue weighted by Gasteiger charge is -2.05. The Morgan fingerprint density at radius 1 is 1.25 bits per heavy atom. The van der Waals surface area contributed by atoms with Crippen LogP contribution in [0.3, 0.4) is 0 Å². The first-order valence-electron chi connectivity index (χ1n) is 4.50. The van der Waals surface area contributed by atoms with Crippen LogP contribution in [0.15, 0.2) is 41.1 Å². The first kappa shape index (κ1) is 10.8. The van der Waals surface area contributed by atoms with Crippen molar-refractivity contribution in [1.82, 2.24) is 10.2 Å². The van der Waals surface area contributed by atoms with Crippen molar-refractivity contribution in [3.63, 3.8) is 0 Å². The summed E-state index contributed by atoms with van der Waals surface area (Å²) in [5, 5.41) is 16.5. The monoisotopic (exact) mass is 278 g/mol. The van der Waals surface area contributed by atoms with Crippen molar-refractivity contribution in [2.45, 2.75) is 0 Å². The topological polar surface area (TPSA) is 63.1 Å². The molecule has 0 aliphatic rings. The minimum atomic E-state index is -1.03. The molecule has 0 fully saturated rings. The quantitative estimate of drug-likeness (QED) is 0.917. The maximum atomic E-state index is 11.1. The molecule has 16 heavy (non-hydrogen) atoms. The highest BCUT2D eigenvalue weighted by Gasteiger charge is 2.16. The Balaban J connectivity index is 2.66. The molecule has 0 aliphatic carbocycles. The van der Waals surface area contributed by atoms with Gasteiger partial charge in [-0.05, 0) is 21.5 Å². The van der Waals surface area contributed by atoms with E-state index >= 15 is 0 Å². The van der Waals surface area contributed by atoms with E-state index in [9.17, 15) is 4.79 Å². The number of rotatable bonds is 2. The third-order valence-corrected chi connectivity index (χ3v) is 2.66. The molecule has 1 N–H and O–H groups in total. The predicted molar refractivity (Wildman–Crippen MR) is 62.1 cm³/mol. The molecule has 1 aromatic carbocycles. The van der Waals surface area contributed by atoms with Crippen LogP contribution in [0.5, 0.6) is 0 Å². The van der Waals surface area contributed by atoms with Gasteiger partial charge in [-0.15, -0.1) is 5.10 Å². The molecule has 0 spiro atoms. The molecule has 1 aromatic heterocycles. The number of aromatic nitrogens is 2. The van der Waals surface area contributed by atoms with Crippen LogP contribution in [-0.4, -0.2) is 21.3 Å². The average Bonchev–Trinajstić information content (AvgIpc) is 2.29. The second-order valence-corrected chi connectivity index (χ2v) is 3.85. The van der Waals surface area contributed by atoms with Gasteiger partial charge in [-0.2, -0.15) is 5.10 Å². The van der Waals surface area contributed by atoms with Crippen molar-refractivity contribution in [1.29, 1.82) is 0 Å². The third kappa shape index (κ3) is 1.94. The predicted octanol–water partition coefficient (Wildman–Crippen LogP) is 2.60. The molecule has 0 saturated carbocycles. The lowest BCUT2D eigenvalue weighted by Crippen LogP contribution is -2.03. The molecular formula is C11H7BrN2O2. The molecule has 0 saturated heterocycles. The van der Waals surface area contributed by atoms with Gasteiger partial charge >= 0.3 is 5.97 Å². The van der Waals surface area contributed by atoms with Crippen LogP contribution in [0.25, 0.3) is 11.1 Å². The van der Waals surface area contributed by atoms with Crippen molar-refractivity contribution in [2.24, 2.45) is 0 Å². The van der Waals surface area contributed by atoms with Crippen LogP contribution in [0.2, 0.25) is 0 Å². The number of nitrogens with zero attached hydrogens (tertiary/aromatic N) is 2. The highest BCUT2D eigenvalue weighted by molar-refractivity contribution is 9.10. The Kier molecular flexibility index (Phi) is 2.96. The zero-order valence-corrected chi connectivity index (χ0v) is 9.68. The number of carboxylic acid groups (broad SMARTS) is 1. The number of benzene rings is 1. The van der Waals surface area contributed by atoms with Gasteiger partial charge in [-0.25, -0.2) is 4.79 Å². The van der Waals surface area contributed by atoms with Crippen LogP contribution in [0.1, 0.15) is 10.4 Å². The Morgan fingerprint density at radius 2 is 1.94 bits per heavy atom. The Hall–Kier alpha value is -1.75. The smallest absolute Gasteiger partial charge is 0.339 e. The SMILES string of the molecule is O=C(O)c1c(-c2ccccc2)cnnc1Br. The zero-order valence-electron chi connectivity index (χ0n) is 8.09. The summed E-state index contributed by atoms with van der Waals surface area (Å²) in [4.78, 5) is 11.1. The standard InChI is InChI=1S/C11H7BrN2O2/c12-10-9(11(15)16)8(6-13-14-10)7-4-2-1-3-5-7/h1-6H,(H,15,16). The summed E-state index contributed by atoms with van der Waals surface area (Å²) >= 11 is 3.09. The van der Waals surface area contributed by atoms with Gasteiger partial charge in [-0.3, -0.25) is 0 Å². The Morgan fingerprint density at radius 3 is 2.56 bits per heavy atom. The van der Waals surface area contributed by atoms with Crippen molar-refractivity contribution in [2.75, 3.05) is 0 Å². The summed E-state index contributed by atoms with van der Waals surface area (Å²) in [6.07, 6.45) is 1.45. The zero-order chi connectivity index (χ0) is 11.5. The van der Waals surface area contributed by atoms with Crippen molar-refractivity contribution >= 4 is 21.9 Å². The number of carboxylic acids is 1. The molecule has 2 aromatic rings. The van der Waals surface area contributed by atoms with E-state index in [1.165, 1.54) is 6.20 Å². The molecule has 0 unspecified atom stereocenters. The molecule has 0 bridgehead atoms. The van der Waals surface area contributed by atoms with E-state index < -0.39 is 5.97 Å². The summed E-state index contributed by atoms with van der Waals surface area (Å²) in [6.45, 7) is 0. The van der Waals surface area contributed by atoms with E-state index in [1.54, 1.807) is 0 Å². The minimum Gasteiger partial charge on any atom is -0.478 e. The maximum Gasteiger partial charge on any atom is 0.339 e. The summed E-state index contributed by atoms with van der Waals surface area (Å²) in [5.41, 5.74) is 1.48. The largest absolute Gasteiger partial charge is 0.478 e. The van der Waals surface area contributed by atoms with Gasteiger partial charge in [0.25, 0.3) is 0 Å². The highest BCUT2D eigenvalue weighted by Crippen LogP contribution is 2.26. The van der Waals surface area contributed by atoms with Crippen LogP contribution >= 0.6 is 15.9 Å². The van der Waals surface area contributed by atoms with Crippen molar-refractivity contribution in [3.05, 3.63) is 46.7 Å². The van der Waals surface area contributed by atoms with Crippen LogP contribution < -0.4 is 0 Å². The Bertz CT molecular complexity index is 529. The molecule has 0 amide bonds. The molecule has 4 nitrogen and oxygen atoms in total. The minimum absolute atomic E-state index is 0.126. The third-order valence-electron chi connectivity index (χ3n) is 2.11. The van der Waals surface area contributed by atoms with Gasteiger partial charge in [0.15, 0.2) is 0 Å². The second kappa shape index (κ2) is 4.40. The number of carbonyl (C=O) groups is 1. The van der Waals surface area contributed by atoms with Gasteiger partial charge < -0.3 is 5.11 Å². The van der Waals surface area contributed by atoms with Crippen molar-refractivity contribution in [3.8, 4) is 11.1 Å². The van der Waals surface area contributed by atoms with Gasteiger partial charge in [0, 0.05) is 5.56 Å². The van der Waals surface area contributed by atoms with E-state index in [-0.39, 0.29) is 10.2 Å². The summed E-state index contributed by atoms with van der Waals surface area (Å²) < 4.78 is 0.237. The molecule has 80 valence electrons. The highest BCUT2D eigenvalue weighted by atomic mass is 79.9. The first-order chi connectivity index (χ1) is 7.70. The van der Waals surface area contributed by atoms with E-state index in [4.69, 9.17) is 5.11 Å². The van der Waals surface area contributed by atoms with Gasteiger partial charge in [-0.1, -0.05) is 30.3 Å². The number of hydrogen-bond donors (Lipinski definition) is 1. The molecule has 0 atom stereocenters. The number of aromatic carboxylic acids is 1. The fraction of sp³-hybridized carbons (Fsp3) is 0. The Labute approximate surface area is 100 Å². The normalized spacial score (nSPS) is 10.1. The van der Waals surface area contributed by atoms with Gasteiger partial charge in [0.2, 0.25) is 0 Å². The van der Waals surface area contributed by atoms with Gasteiger partial charge in [0.05, 0.1) is 6.20 Å².